The number of aromatic hydroxyl groups is 1. The van der Waals surface area contributed by atoms with Crippen molar-refractivity contribution in [1.29, 1.82) is 0 Å². The van der Waals surface area contributed by atoms with Gasteiger partial charge in [0.05, 0.1) is 5.56 Å². The van der Waals surface area contributed by atoms with Crippen LogP contribution in [0.5, 0.6) is 5.75 Å². The summed E-state index contributed by atoms with van der Waals surface area (Å²) < 4.78 is 0. The molecule has 0 radical (unpaired) electrons. The van der Waals surface area contributed by atoms with Gasteiger partial charge in [0, 0.05) is 11.3 Å². The van der Waals surface area contributed by atoms with Crippen molar-refractivity contribution in [3.8, 4) is 5.75 Å². The molecule has 0 unspecified atom stereocenters. The average Bonchev–Trinajstić information content (AvgIpc) is 2.17. The first-order chi connectivity index (χ1) is 6.49. The van der Waals surface area contributed by atoms with Crippen LogP contribution in [-0.2, 0) is 0 Å². The summed E-state index contributed by atoms with van der Waals surface area (Å²) >= 11 is 5.69. The molecule has 2 nitrogen and oxygen atoms in total. The van der Waals surface area contributed by atoms with Gasteiger partial charge in [-0.15, -0.1) is 11.6 Å². The highest BCUT2D eigenvalue weighted by molar-refractivity contribution is 6.21. The first-order valence-electron chi connectivity index (χ1n) is 4.38. The van der Waals surface area contributed by atoms with Gasteiger partial charge in [0.2, 0.25) is 0 Å². The number of para-hydroxylation sites is 1. The van der Waals surface area contributed by atoms with Crippen molar-refractivity contribution in [1.82, 2.24) is 0 Å². The lowest BCUT2D eigenvalue weighted by atomic mass is 9.86. The Hall–Kier alpha value is -1.02. The summed E-state index contributed by atoms with van der Waals surface area (Å²) in [7, 11) is 0. The van der Waals surface area contributed by atoms with Crippen molar-refractivity contribution in [3.63, 3.8) is 0 Å². The van der Waals surface area contributed by atoms with Gasteiger partial charge in [-0.3, -0.25) is 4.79 Å². The van der Waals surface area contributed by atoms with E-state index in [0.717, 1.165) is 0 Å². The topological polar surface area (TPSA) is 37.3 Å². The van der Waals surface area contributed by atoms with Crippen LogP contribution in [0.2, 0.25) is 0 Å². The Kier molecular flexibility index (Phi) is 3.17. The van der Waals surface area contributed by atoms with E-state index in [0.29, 0.717) is 5.56 Å². The van der Waals surface area contributed by atoms with E-state index in [1.54, 1.807) is 32.0 Å². The van der Waals surface area contributed by atoms with Crippen LogP contribution >= 0.6 is 11.6 Å². The molecule has 1 aromatic carbocycles. The molecule has 0 saturated heterocycles. The number of phenols is 1. The minimum Gasteiger partial charge on any atom is -0.507 e. The number of alkyl halides is 1. The Balaban J connectivity index is 3.07. The highest BCUT2D eigenvalue weighted by Crippen LogP contribution is 2.27. The maximum Gasteiger partial charge on any atom is 0.173 e. The van der Waals surface area contributed by atoms with E-state index >= 15 is 0 Å². The molecule has 0 heterocycles. The Morgan fingerprint density at radius 1 is 1.43 bits per heavy atom. The number of Topliss-reactive ketones (excluding diaryl/α,β-unsaturated/α-hetero) is 1. The lowest BCUT2D eigenvalue weighted by molar-refractivity contribution is 0.0859. The first-order valence-corrected chi connectivity index (χ1v) is 4.91. The van der Waals surface area contributed by atoms with Crippen LogP contribution in [0, 0.1) is 5.41 Å². The second kappa shape index (κ2) is 4.01. The SMILES string of the molecule is CC(C)(CCl)C(=O)c1ccccc1O. The Morgan fingerprint density at radius 2 is 2.00 bits per heavy atom. The third kappa shape index (κ3) is 2.07. The zero-order valence-corrected chi connectivity index (χ0v) is 9.01. The fourth-order valence-electron chi connectivity index (χ4n) is 1.09. The molecule has 0 aliphatic rings. The van der Waals surface area contributed by atoms with Crippen molar-refractivity contribution < 1.29 is 9.90 Å². The fourth-order valence-corrected chi connectivity index (χ4v) is 1.21. The molecular formula is C11H13ClO2. The quantitative estimate of drug-likeness (QED) is 0.618. The van der Waals surface area contributed by atoms with E-state index in [1.807, 2.05) is 0 Å². The van der Waals surface area contributed by atoms with Crippen LogP contribution in [0.15, 0.2) is 24.3 Å². The summed E-state index contributed by atoms with van der Waals surface area (Å²) in [6.07, 6.45) is 0. The van der Waals surface area contributed by atoms with Crippen molar-refractivity contribution in [2.45, 2.75) is 13.8 Å². The van der Waals surface area contributed by atoms with Gasteiger partial charge in [-0.05, 0) is 12.1 Å². The van der Waals surface area contributed by atoms with Crippen molar-refractivity contribution in [2.24, 2.45) is 5.41 Å². The molecule has 0 spiro atoms. The first kappa shape index (κ1) is 11.1. The molecular weight excluding hydrogens is 200 g/mol. The smallest absolute Gasteiger partial charge is 0.173 e. The number of hydrogen-bond donors (Lipinski definition) is 1. The van der Waals surface area contributed by atoms with Gasteiger partial charge in [0.25, 0.3) is 0 Å². The third-order valence-corrected chi connectivity index (χ3v) is 2.77. The maximum absolute atomic E-state index is 11.9. The second-order valence-corrected chi connectivity index (χ2v) is 4.13. The molecule has 0 amide bonds. The van der Waals surface area contributed by atoms with Gasteiger partial charge in [-0.25, -0.2) is 0 Å². The third-order valence-electron chi connectivity index (χ3n) is 2.10. The normalized spacial score (nSPS) is 11.4. The molecule has 1 N–H and O–H groups in total. The molecule has 0 saturated carbocycles. The van der Waals surface area contributed by atoms with Crippen LogP contribution in [0.1, 0.15) is 24.2 Å². The molecule has 0 aliphatic heterocycles. The molecule has 3 heteroatoms. The van der Waals surface area contributed by atoms with E-state index in [-0.39, 0.29) is 17.4 Å². The second-order valence-electron chi connectivity index (χ2n) is 3.86. The predicted molar refractivity (Wildman–Crippen MR) is 56.9 cm³/mol. The number of ketones is 1. The number of halogens is 1. The number of phenolic OH excluding ortho intramolecular Hbond substituents is 1. The molecule has 1 rings (SSSR count). The summed E-state index contributed by atoms with van der Waals surface area (Å²) in [6.45, 7) is 3.52. The molecule has 0 aliphatic carbocycles. The van der Waals surface area contributed by atoms with Crippen LogP contribution < -0.4 is 0 Å². The lowest BCUT2D eigenvalue weighted by Gasteiger charge is -2.19. The van der Waals surface area contributed by atoms with Gasteiger partial charge >= 0.3 is 0 Å². The maximum atomic E-state index is 11.9. The van der Waals surface area contributed by atoms with E-state index in [4.69, 9.17) is 11.6 Å². The zero-order valence-electron chi connectivity index (χ0n) is 8.25. The van der Waals surface area contributed by atoms with Crippen molar-refractivity contribution in [2.75, 3.05) is 5.88 Å². The molecule has 0 aromatic heterocycles. The fraction of sp³-hybridized carbons (Fsp3) is 0.364. The molecule has 0 fully saturated rings. The summed E-state index contributed by atoms with van der Waals surface area (Å²) in [5.41, 5.74) is -0.307. The molecule has 14 heavy (non-hydrogen) atoms. The summed E-state index contributed by atoms with van der Waals surface area (Å²) in [6, 6.07) is 6.50. The van der Waals surface area contributed by atoms with Gasteiger partial charge in [-0.1, -0.05) is 26.0 Å². The van der Waals surface area contributed by atoms with Crippen LogP contribution in [0.25, 0.3) is 0 Å². The average molecular weight is 213 g/mol. The molecule has 76 valence electrons. The summed E-state index contributed by atoms with van der Waals surface area (Å²) in [5.74, 6) is 0.112. The number of carbonyl (C=O) groups excluding carboxylic acids is 1. The van der Waals surface area contributed by atoms with Crippen LogP contribution in [0.4, 0.5) is 0 Å². The van der Waals surface area contributed by atoms with Crippen molar-refractivity contribution >= 4 is 17.4 Å². The minimum absolute atomic E-state index is 0.00990. The Bertz CT molecular complexity index is 345. The number of benzene rings is 1. The van der Waals surface area contributed by atoms with E-state index in [2.05, 4.69) is 0 Å². The van der Waals surface area contributed by atoms with Gasteiger partial charge in [0.15, 0.2) is 5.78 Å². The number of hydrogen-bond acceptors (Lipinski definition) is 2. The summed E-state index contributed by atoms with van der Waals surface area (Å²) in [5, 5.41) is 9.48. The van der Waals surface area contributed by atoms with E-state index in [9.17, 15) is 9.90 Å². The predicted octanol–water partition coefficient (Wildman–Crippen LogP) is 2.84. The highest BCUT2D eigenvalue weighted by Gasteiger charge is 2.29. The number of carbonyl (C=O) groups is 1. The van der Waals surface area contributed by atoms with Crippen LogP contribution in [-0.4, -0.2) is 16.8 Å². The largest absolute Gasteiger partial charge is 0.507 e. The number of rotatable bonds is 3. The van der Waals surface area contributed by atoms with Crippen LogP contribution in [0.3, 0.4) is 0 Å². The Labute approximate surface area is 88.5 Å². The van der Waals surface area contributed by atoms with Gasteiger partial charge in [-0.2, -0.15) is 0 Å². The standard InChI is InChI=1S/C11H13ClO2/c1-11(2,7-12)10(14)8-5-3-4-6-9(8)13/h3-6,13H,7H2,1-2H3. The van der Waals surface area contributed by atoms with Gasteiger partial charge in [0.1, 0.15) is 5.75 Å². The van der Waals surface area contributed by atoms with E-state index in [1.165, 1.54) is 6.07 Å². The molecule has 0 bridgehead atoms. The summed E-state index contributed by atoms with van der Waals surface area (Å²) in [4.78, 5) is 11.9. The lowest BCUT2D eigenvalue weighted by Crippen LogP contribution is -2.26. The van der Waals surface area contributed by atoms with Gasteiger partial charge < -0.3 is 5.11 Å². The monoisotopic (exact) mass is 212 g/mol. The van der Waals surface area contributed by atoms with E-state index < -0.39 is 5.41 Å². The minimum atomic E-state index is -0.639. The molecule has 0 atom stereocenters. The van der Waals surface area contributed by atoms with Crippen molar-refractivity contribution in [3.05, 3.63) is 29.8 Å². The zero-order chi connectivity index (χ0) is 10.8. The Morgan fingerprint density at radius 3 is 2.50 bits per heavy atom. The highest BCUT2D eigenvalue weighted by atomic mass is 35.5. The molecule has 1 aromatic rings.